The number of hydrogen-bond donors (Lipinski definition) is 2. The summed E-state index contributed by atoms with van der Waals surface area (Å²) in [4.78, 5) is 25.2. The number of alkyl halides is 3. The number of nitrogens with zero attached hydrogens (tertiary/aromatic N) is 3. The van der Waals surface area contributed by atoms with Crippen LogP contribution >= 0.6 is 0 Å². The maximum Gasteiger partial charge on any atom is 0.422 e. The predicted molar refractivity (Wildman–Crippen MR) is 124 cm³/mol. The van der Waals surface area contributed by atoms with Crippen LogP contribution in [0.3, 0.4) is 0 Å². The van der Waals surface area contributed by atoms with Gasteiger partial charge in [-0.25, -0.2) is 19.7 Å². The molecule has 11 heteroatoms. The summed E-state index contributed by atoms with van der Waals surface area (Å²) in [6.45, 7) is 5.99. The summed E-state index contributed by atoms with van der Waals surface area (Å²) in [6.07, 6.45) is -1.42. The number of fused-ring (bicyclic) bond motifs is 2. The summed E-state index contributed by atoms with van der Waals surface area (Å²) < 4.78 is 48.5. The number of hydrogen-bond acceptors (Lipinski definition) is 8. The van der Waals surface area contributed by atoms with Crippen LogP contribution in [0.4, 0.5) is 24.8 Å². The summed E-state index contributed by atoms with van der Waals surface area (Å²) >= 11 is 0. The van der Waals surface area contributed by atoms with Gasteiger partial charge in [-0.2, -0.15) is 13.2 Å². The van der Waals surface area contributed by atoms with Crippen molar-refractivity contribution < 1.29 is 27.4 Å². The standard InChI is InChI=1S/C24H26F3N5O3/c1-5-23(4,28)17-10-30-21(34-11-24(25,26)27)16-9-29-19(8-15(16)17)31-18-7-6-14-20(32-18)12(2)13(3)35-22(14)33/h6-10,12-13H,5,11,28H2,1-4H3,(H,29,31,32)/t12-,13-,23?/m0/s1. The molecule has 3 atom stereocenters. The fourth-order valence-corrected chi connectivity index (χ4v) is 3.84. The minimum Gasteiger partial charge on any atom is -0.468 e. The molecular formula is C24H26F3N5O3. The van der Waals surface area contributed by atoms with Crippen molar-refractivity contribution in [3.8, 4) is 5.88 Å². The molecule has 4 heterocycles. The summed E-state index contributed by atoms with van der Waals surface area (Å²) in [5.41, 5.74) is 7.34. The molecule has 0 saturated carbocycles. The number of aromatic nitrogens is 3. The number of ether oxygens (including phenoxy) is 2. The van der Waals surface area contributed by atoms with E-state index in [9.17, 15) is 18.0 Å². The van der Waals surface area contributed by atoms with Gasteiger partial charge in [0.1, 0.15) is 17.7 Å². The third-order valence-electron chi connectivity index (χ3n) is 6.29. The molecule has 3 N–H and O–H groups in total. The first-order valence-corrected chi connectivity index (χ1v) is 11.2. The Bertz CT molecular complexity index is 1280. The Balaban J connectivity index is 1.74. The molecule has 0 amide bonds. The molecule has 1 aliphatic heterocycles. The van der Waals surface area contributed by atoms with Gasteiger partial charge in [0.05, 0.1) is 16.6 Å². The summed E-state index contributed by atoms with van der Waals surface area (Å²) in [6, 6.07) is 4.96. The number of rotatable bonds is 6. The zero-order chi connectivity index (χ0) is 25.5. The van der Waals surface area contributed by atoms with Gasteiger partial charge >= 0.3 is 12.1 Å². The minimum absolute atomic E-state index is 0.0949. The third-order valence-corrected chi connectivity index (χ3v) is 6.29. The Morgan fingerprint density at radius 1 is 1.14 bits per heavy atom. The van der Waals surface area contributed by atoms with E-state index in [1.165, 1.54) is 12.4 Å². The number of anilines is 2. The van der Waals surface area contributed by atoms with Crippen LogP contribution in [0.25, 0.3) is 10.8 Å². The number of carbonyl (C=O) groups is 1. The fourth-order valence-electron chi connectivity index (χ4n) is 3.84. The van der Waals surface area contributed by atoms with Crippen LogP contribution < -0.4 is 15.8 Å². The largest absolute Gasteiger partial charge is 0.468 e. The molecule has 3 aromatic rings. The van der Waals surface area contributed by atoms with E-state index in [1.807, 2.05) is 27.7 Å². The number of carbonyl (C=O) groups excluding carboxylic acids is 1. The highest BCUT2D eigenvalue weighted by molar-refractivity contribution is 5.93. The monoisotopic (exact) mass is 489 g/mol. The molecule has 4 rings (SSSR count). The summed E-state index contributed by atoms with van der Waals surface area (Å²) in [5.74, 6) is 0.159. The van der Waals surface area contributed by atoms with Crippen molar-refractivity contribution in [2.75, 3.05) is 11.9 Å². The highest BCUT2D eigenvalue weighted by Crippen LogP contribution is 2.35. The second-order valence-electron chi connectivity index (χ2n) is 8.92. The van der Waals surface area contributed by atoms with E-state index in [-0.39, 0.29) is 17.9 Å². The first-order chi connectivity index (χ1) is 16.4. The van der Waals surface area contributed by atoms with Gasteiger partial charge in [0.25, 0.3) is 0 Å². The Morgan fingerprint density at radius 3 is 2.57 bits per heavy atom. The lowest BCUT2D eigenvalue weighted by Gasteiger charge is -2.27. The maximum atomic E-state index is 12.7. The van der Waals surface area contributed by atoms with Gasteiger partial charge in [0.2, 0.25) is 5.88 Å². The van der Waals surface area contributed by atoms with Gasteiger partial charge in [0, 0.05) is 23.9 Å². The van der Waals surface area contributed by atoms with Gasteiger partial charge < -0.3 is 20.5 Å². The molecule has 1 aliphatic rings. The molecular weight excluding hydrogens is 463 g/mol. The molecule has 186 valence electrons. The van der Waals surface area contributed by atoms with E-state index >= 15 is 0 Å². The second kappa shape index (κ2) is 8.95. The molecule has 0 bridgehead atoms. The molecule has 3 aromatic heterocycles. The lowest BCUT2D eigenvalue weighted by atomic mass is 9.88. The number of cyclic esters (lactones) is 1. The quantitative estimate of drug-likeness (QED) is 0.468. The smallest absolute Gasteiger partial charge is 0.422 e. The molecule has 0 aromatic carbocycles. The van der Waals surface area contributed by atoms with Crippen molar-refractivity contribution in [1.29, 1.82) is 0 Å². The van der Waals surface area contributed by atoms with E-state index in [0.29, 0.717) is 45.6 Å². The van der Waals surface area contributed by atoms with Crippen LogP contribution in [-0.2, 0) is 10.3 Å². The zero-order valence-corrected chi connectivity index (χ0v) is 19.7. The Labute approximate surface area is 200 Å². The predicted octanol–water partition coefficient (Wildman–Crippen LogP) is 4.96. The molecule has 0 radical (unpaired) electrons. The average Bonchev–Trinajstić information content (AvgIpc) is 2.80. The van der Waals surface area contributed by atoms with Crippen molar-refractivity contribution in [1.82, 2.24) is 15.0 Å². The number of nitrogens with one attached hydrogen (secondary N) is 1. The van der Waals surface area contributed by atoms with E-state index in [0.717, 1.165) is 0 Å². The number of pyridine rings is 3. The van der Waals surface area contributed by atoms with Crippen LogP contribution in [0.15, 0.2) is 30.6 Å². The molecule has 8 nitrogen and oxygen atoms in total. The van der Waals surface area contributed by atoms with Crippen LogP contribution in [0.2, 0.25) is 0 Å². The SMILES string of the molecule is CCC(C)(N)c1cnc(OCC(F)(F)F)c2cnc(Nc3ccc4c(n3)[C@@H](C)[C@H](C)OC4=O)cc12. The highest BCUT2D eigenvalue weighted by Gasteiger charge is 2.32. The van der Waals surface area contributed by atoms with Crippen LogP contribution in [0.1, 0.15) is 61.6 Å². The molecule has 0 aliphatic carbocycles. The Kier molecular flexibility index (Phi) is 6.31. The topological polar surface area (TPSA) is 112 Å². The van der Waals surface area contributed by atoms with Gasteiger partial charge in [-0.15, -0.1) is 0 Å². The minimum atomic E-state index is -4.51. The third kappa shape index (κ3) is 5.00. The highest BCUT2D eigenvalue weighted by atomic mass is 19.4. The maximum absolute atomic E-state index is 12.7. The van der Waals surface area contributed by atoms with Crippen molar-refractivity contribution in [3.63, 3.8) is 0 Å². The van der Waals surface area contributed by atoms with Gasteiger partial charge in [-0.3, -0.25) is 0 Å². The zero-order valence-electron chi connectivity index (χ0n) is 19.7. The van der Waals surface area contributed by atoms with Crippen molar-refractivity contribution >= 4 is 28.4 Å². The number of nitrogens with two attached hydrogens (primary N) is 1. The first kappa shape index (κ1) is 24.6. The molecule has 0 saturated heterocycles. The molecule has 35 heavy (non-hydrogen) atoms. The van der Waals surface area contributed by atoms with Gasteiger partial charge in [-0.1, -0.05) is 13.8 Å². The summed E-state index contributed by atoms with van der Waals surface area (Å²) in [5, 5.41) is 3.98. The van der Waals surface area contributed by atoms with Crippen molar-refractivity contribution in [3.05, 3.63) is 47.4 Å². The Hall–Kier alpha value is -3.47. The van der Waals surface area contributed by atoms with Crippen molar-refractivity contribution in [2.45, 2.75) is 57.9 Å². The van der Waals surface area contributed by atoms with Crippen LogP contribution in [0.5, 0.6) is 5.88 Å². The van der Waals surface area contributed by atoms with Crippen LogP contribution in [-0.4, -0.2) is 39.8 Å². The molecule has 1 unspecified atom stereocenters. The van der Waals surface area contributed by atoms with Crippen molar-refractivity contribution in [2.24, 2.45) is 5.73 Å². The average molecular weight is 489 g/mol. The van der Waals surface area contributed by atoms with Crippen LogP contribution in [0, 0.1) is 0 Å². The molecule has 0 fully saturated rings. The fraction of sp³-hybridized carbons (Fsp3) is 0.417. The molecule has 0 spiro atoms. The number of esters is 1. The number of halogens is 3. The Morgan fingerprint density at radius 2 is 1.89 bits per heavy atom. The van der Waals surface area contributed by atoms with E-state index in [4.69, 9.17) is 15.2 Å². The van der Waals surface area contributed by atoms with E-state index in [1.54, 1.807) is 18.2 Å². The van der Waals surface area contributed by atoms with E-state index < -0.39 is 24.3 Å². The van der Waals surface area contributed by atoms with Gasteiger partial charge in [-0.05, 0) is 49.4 Å². The first-order valence-electron chi connectivity index (χ1n) is 11.2. The lowest BCUT2D eigenvalue weighted by Crippen LogP contribution is -2.32. The second-order valence-corrected chi connectivity index (χ2v) is 8.92. The summed E-state index contributed by atoms with van der Waals surface area (Å²) in [7, 11) is 0. The van der Waals surface area contributed by atoms with E-state index in [2.05, 4.69) is 20.3 Å². The normalized spacial score (nSPS) is 19.6. The van der Waals surface area contributed by atoms with Gasteiger partial charge in [0.15, 0.2) is 6.61 Å². The lowest BCUT2D eigenvalue weighted by molar-refractivity contribution is -0.153.